The largest absolute Gasteiger partial charge is 0.381 e. The number of sulfone groups is 1. The minimum Gasteiger partial charge on any atom is -0.381 e. The lowest BCUT2D eigenvalue weighted by Gasteiger charge is -2.27. The SMILES string of the molecule is CCNCC1(CCCS(C)(=O)=O)CCOC1. The van der Waals surface area contributed by atoms with Gasteiger partial charge in [0, 0.05) is 30.6 Å². The predicted octanol–water partition coefficient (Wildman–Crippen LogP) is 0.827. The molecule has 0 aliphatic carbocycles. The standard InChI is InChI=1S/C11H23NO3S/c1-3-12-9-11(6-7-15-10-11)5-4-8-16(2,13)14/h12H,3-10H2,1-2H3. The molecule has 16 heavy (non-hydrogen) atoms. The summed E-state index contributed by atoms with van der Waals surface area (Å²) in [5, 5.41) is 3.35. The van der Waals surface area contributed by atoms with E-state index >= 15 is 0 Å². The Bertz CT molecular complexity index is 294. The molecule has 1 fully saturated rings. The molecule has 5 heteroatoms. The maximum Gasteiger partial charge on any atom is 0.147 e. The second-order valence-corrected chi connectivity index (χ2v) is 7.08. The van der Waals surface area contributed by atoms with Crippen LogP contribution in [-0.2, 0) is 14.6 Å². The van der Waals surface area contributed by atoms with Crippen LogP contribution in [0.15, 0.2) is 0 Å². The van der Waals surface area contributed by atoms with Gasteiger partial charge in [-0.05, 0) is 25.8 Å². The molecular weight excluding hydrogens is 226 g/mol. The van der Waals surface area contributed by atoms with Gasteiger partial charge in [0.05, 0.1) is 6.61 Å². The van der Waals surface area contributed by atoms with Gasteiger partial charge < -0.3 is 10.1 Å². The molecule has 1 atom stereocenters. The van der Waals surface area contributed by atoms with E-state index in [4.69, 9.17) is 4.74 Å². The minimum absolute atomic E-state index is 0.167. The summed E-state index contributed by atoms with van der Waals surface area (Å²) in [4.78, 5) is 0. The zero-order chi connectivity index (χ0) is 12.1. The quantitative estimate of drug-likeness (QED) is 0.726. The van der Waals surface area contributed by atoms with Crippen molar-refractivity contribution in [2.45, 2.75) is 26.2 Å². The Morgan fingerprint density at radius 3 is 2.69 bits per heavy atom. The normalized spacial score (nSPS) is 26.1. The third-order valence-corrected chi connectivity index (χ3v) is 4.19. The van der Waals surface area contributed by atoms with Crippen molar-refractivity contribution < 1.29 is 13.2 Å². The molecule has 1 N–H and O–H groups in total. The van der Waals surface area contributed by atoms with Gasteiger partial charge in [-0.15, -0.1) is 0 Å². The fraction of sp³-hybridized carbons (Fsp3) is 1.00. The van der Waals surface area contributed by atoms with Gasteiger partial charge in [0.2, 0.25) is 0 Å². The Kier molecular flexibility index (Phi) is 5.21. The van der Waals surface area contributed by atoms with E-state index in [-0.39, 0.29) is 5.41 Å². The Hall–Kier alpha value is -0.130. The monoisotopic (exact) mass is 249 g/mol. The molecule has 1 heterocycles. The summed E-state index contributed by atoms with van der Waals surface area (Å²) in [6.45, 7) is 5.55. The lowest BCUT2D eigenvalue weighted by Crippen LogP contribution is -2.35. The summed E-state index contributed by atoms with van der Waals surface area (Å²) in [7, 11) is -2.82. The van der Waals surface area contributed by atoms with E-state index in [1.54, 1.807) is 0 Å². The molecule has 0 saturated carbocycles. The van der Waals surface area contributed by atoms with Gasteiger partial charge in [0.25, 0.3) is 0 Å². The number of rotatable bonds is 7. The van der Waals surface area contributed by atoms with Crippen LogP contribution >= 0.6 is 0 Å². The first-order valence-corrected chi connectivity index (χ1v) is 8.00. The molecule has 1 aliphatic heterocycles. The molecule has 0 radical (unpaired) electrons. The van der Waals surface area contributed by atoms with Crippen molar-refractivity contribution in [2.24, 2.45) is 5.41 Å². The average molecular weight is 249 g/mol. The highest BCUT2D eigenvalue weighted by atomic mass is 32.2. The summed E-state index contributed by atoms with van der Waals surface area (Å²) in [5.74, 6) is 0.293. The summed E-state index contributed by atoms with van der Waals surface area (Å²) in [5.41, 5.74) is 0.167. The van der Waals surface area contributed by atoms with E-state index in [1.165, 1.54) is 6.26 Å². The molecule has 0 amide bonds. The Balaban J connectivity index is 2.39. The lowest BCUT2D eigenvalue weighted by molar-refractivity contribution is 0.144. The summed E-state index contributed by atoms with van der Waals surface area (Å²) in [6.07, 6.45) is 4.03. The van der Waals surface area contributed by atoms with Gasteiger partial charge >= 0.3 is 0 Å². The van der Waals surface area contributed by atoms with Gasteiger partial charge in [-0.25, -0.2) is 8.42 Å². The molecule has 0 aromatic rings. The second kappa shape index (κ2) is 5.98. The maximum absolute atomic E-state index is 11.1. The van der Waals surface area contributed by atoms with Gasteiger partial charge in [0.15, 0.2) is 0 Å². The molecule has 1 rings (SSSR count). The molecular formula is C11H23NO3S. The number of nitrogens with one attached hydrogen (secondary N) is 1. The van der Waals surface area contributed by atoms with E-state index in [0.29, 0.717) is 5.75 Å². The van der Waals surface area contributed by atoms with E-state index in [1.807, 2.05) is 0 Å². The highest BCUT2D eigenvalue weighted by molar-refractivity contribution is 7.90. The molecule has 96 valence electrons. The summed E-state index contributed by atoms with van der Waals surface area (Å²) in [6, 6.07) is 0. The zero-order valence-electron chi connectivity index (χ0n) is 10.3. The maximum atomic E-state index is 11.1. The topological polar surface area (TPSA) is 55.4 Å². The van der Waals surface area contributed by atoms with E-state index < -0.39 is 9.84 Å². The number of hydrogen-bond acceptors (Lipinski definition) is 4. The van der Waals surface area contributed by atoms with Crippen molar-refractivity contribution in [1.29, 1.82) is 0 Å². The summed E-state index contributed by atoms with van der Waals surface area (Å²) < 4.78 is 27.6. The van der Waals surface area contributed by atoms with E-state index in [2.05, 4.69) is 12.2 Å². The van der Waals surface area contributed by atoms with Crippen LogP contribution in [0, 0.1) is 5.41 Å². The number of hydrogen-bond donors (Lipinski definition) is 1. The molecule has 0 bridgehead atoms. The molecule has 4 nitrogen and oxygen atoms in total. The van der Waals surface area contributed by atoms with Crippen LogP contribution < -0.4 is 5.32 Å². The molecule has 0 aromatic carbocycles. The van der Waals surface area contributed by atoms with Crippen LogP contribution in [0.3, 0.4) is 0 Å². The molecule has 1 unspecified atom stereocenters. The smallest absolute Gasteiger partial charge is 0.147 e. The highest BCUT2D eigenvalue weighted by Crippen LogP contribution is 2.33. The van der Waals surface area contributed by atoms with Crippen molar-refractivity contribution >= 4 is 9.84 Å². The predicted molar refractivity (Wildman–Crippen MR) is 65.4 cm³/mol. The molecule has 0 spiro atoms. The zero-order valence-corrected chi connectivity index (χ0v) is 11.1. The first kappa shape index (κ1) is 13.9. The van der Waals surface area contributed by atoms with Crippen molar-refractivity contribution in [3.8, 4) is 0 Å². The third-order valence-electron chi connectivity index (χ3n) is 3.16. The number of ether oxygens (including phenoxy) is 1. The lowest BCUT2D eigenvalue weighted by atomic mass is 9.82. The van der Waals surface area contributed by atoms with Crippen LogP contribution in [0.25, 0.3) is 0 Å². The fourth-order valence-corrected chi connectivity index (χ4v) is 2.84. The first-order valence-electron chi connectivity index (χ1n) is 5.94. The van der Waals surface area contributed by atoms with Crippen LogP contribution in [0.2, 0.25) is 0 Å². The second-order valence-electron chi connectivity index (χ2n) is 4.82. The Morgan fingerprint density at radius 2 is 2.19 bits per heavy atom. The van der Waals surface area contributed by atoms with Crippen LogP contribution in [0.5, 0.6) is 0 Å². The van der Waals surface area contributed by atoms with Crippen LogP contribution in [0.4, 0.5) is 0 Å². The van der Waals surface area contributed by atoms with Gasteiger partial charge in [-0.3, -0.25) is 0 Å². The Labute approximate surface area is 98.7 Å². The Morgan fingerprint density at radius 1 is 1.44 bits per heavy atom. The van der Waals surface area contributed by atoms with Crippen molar-refractivity contribution in [2.75, 3.05) is 38.3 Å². The van der Waals surface area contributed by atoms with Crippen LogP contribution in [-0.4, -0.2) is 46.7 Å². The van der Waals surface area contributed by atoms with E-state index in [9.17, 15) is 8.42 Å². The third kappa shape index (κ3) is 4.80. The van der Waals surface area contributed by atoms with Crippen molar-refractivity contribution in [1.82, 2.24) is 5.32 Å². The van der Waals surface area contributed by atoms with E-state index in [0.717, 1.165) is 45.6 Å². The van der Waals surface area contributed by atoms with Gasteiger partial charge in [-0.2, -0.15) is 0 Å². The first-order chi connectivity index (χ1) is 7.47. The molecule has 1 aliphatic rings. The van der Waals surface area contributed by atoms with Crippen molar-refractivity contribution in [3.63, 3.8) is 0 Å². The van der Waals surface area contributed by atoms with Gasteiger partial charge in [-0.1, -0.05) is 6.92 Å². The van der Waals surface area contributed by atoms with Crippen molar-refractivity contribution in [3.05, 3.63) is 0 Å². The highest BCUT2D eigenvalue weighted by Gasteiger charge is 2.34. The van der Waals surface area contributed by atoms with Crippen LogP contribution in [0.1, 0.15) is 26.2 Å². The molecule has 0 aromatic heterocycles. The summed E-state index contributed by atoms with van der Waals surface area (Å²) >= 11 is 0. The molecule has 1 saturated heterocycles. The van der Waals surface area contributed by atoms with Gasteiger partial charge in [0.1, 0.15) is 9.84 Å². The fourth-order valence-electron chi connectivity index (χ4n) is 2.17. The minimum atomic E-state index is -2.82. The average Bonchev–Trinajstić information content (AvgIpc) is 2.62.